The fourth-order valence-corrected chi connectivity index (χ4v) is 3.88. The van der Waals surface area contributed by atoms with E-state index in [1.54, 1.807) is 0 Å². The fraction of sp³-hybridized carbons (Fsp3) is 1.00. The quantitative estimate of drug-likeness (QED) is 0.780. The molecule has 2 heteroatoms. The molecular formula is C16H32N2. The molecule has 2 nitrogen and oxygen atoms in total. The van der Waals surface area contributed by atoms with Gasteiger partial charge in [0.2, 0.25) is 0 Å². The highest BCUT2D eigenvalue weighted by Crippen LogP contribution is 2.31. The van der Waals surface area contributed by atoms with Gasteiger partial charge in [0.05, 0.1) is 0 Å². The second-order valence-electron chi connectivity index (χ2n) is 6.47. The number of hydrogen-bond acceptors (Lipinski definition) is 2. The average Bonchev–Trinajstić information content (AvgIpc) is 2.92. The molecule has 0 aromatic rings. The van der Waals surface area contributed by atoms with Crippen molar-refractivity contribution in [3.63, 3.8) is 0 Å². The van der Waals surface area contributed by atoms with Crippen molar-refractivity contribution in [1.82, 2.24) is 10.2 Å². The molecule has 1 aliphatic heterocycles. The zero-order valence-corrected chi connectivity index (χ0v) is 12.5. The standard InChI is InChI=1S/C16H32N2/c1-3-12-18(13-15-8-10-17-11-9-15)14(2)16-6-4-5-7-16/h14-17H,3-13H2,1-2H3. The minimum Gasteiger partial charge on any atom is -0.317 e. The van der Waals surface area contributed by atoms with E-state index in [2.05, 4.69) is 24.1 Å². The van der Waals surface area contributed by atoms with Crippen molar-refractivity contribution in [2.24, 2.45) is 11.8 Å². The summed E-state index contributed by atoms with van der Waals surface area (Å²) in [5.41, 5.74) is 0. The Hall–Kier alpha value is -0.0800. The van der Waals surface area contributed by atoms with Crippen LogP contribution >= 0.6 is 0 Å². The van der Waals surface area contributed by atoms with Crippen molar-refractivity contribution in [3.8, 4) is 0 Å². The molecule has 0 aromatic heterocycles. The summed E-state index contributed by atoms with van der Waals surface area (Å²) < 4.78 is 0. The van der Waals surface area contributed by atoms with E-state index in [1.807, 2.05) is 0 Å². The van der Waals surface area contributed by atoms with Crippen LogP contribution in [0, 0.1) is 11.8 Å². The van der Waals surface area contributed by atoms with E-state index < -0.39 is 0 Å². The van der Waals surface area contributed by atoms with E-state index in [-0.39, 0.29) is 0 Å². The van der Waals surface area contributed by atoms with Crippen LogP contribution in [0.5, 0.6) is 0 Å². The summed E-state index contributed by atoms with van der Waals surface area (Å²) in [7, 11) is 0. The third-order valence-corrected chi connectivity index (χ3v) is 5.12. The van der Waals surface area contributed by atoms with E-state index >= 15 is 0 Å². The first-order valence-corrected chi connectivity index (χ1v) is 8.26. The third kappa shape index (κ3) is 3.96. The second kappa shape index (κ2) is 7.49. The Bertz CT molecular complexity index is 217. The maximum Gasteiger partial charge on any atom is 0.00953 e. The molecule has 1 atom stereocenters. The van der Waals surface area contributed by atoms with Crippen LogP contribution in [0.4, 0.5) is 0 Å². The summed E-state index contributed by atoms with van der Waals surface area (Å²) in [5, 5.41) is 3.49. The zero-order chi connectivity index (χ0) is 12.8. The Labute approximate surface area is 114 Å². The zero-order valence-electron chi connectivity index (χ0n) is 12.5. The van der Waals surface area contributed by atoms with Gasteiger partial charge in [-0.3, -0.25) is 0 Å². The van der Waals surface area contributed by atoms with Crippen molar-refractivity contribution in [1.29, 1.82) is 0 Å². The van der Waals surface area contributed by atoms with Crippen molar-refractivity contribution in [2.45, 2.75) is 64.8 Å². The summed E-state index contributed by atoms with van der Waals surface area (Å²) in [6, 6.07) is 0.822. The van der Waals surface area contributed by atoms with Gasteiger partial charge in [-0.1, -0.05) is 19.8 Å². The normalized spacial score (nSPS) is 24.8. The van der Waals surface area contributed by atoms with E-state index in [0.29, 0.717) is 0 Å². The molecule has 1 aliphatic carbocycles. The lowest BCUT2D eigenvalue weighted by Crippen LogP contribution is -2.43. The van der Waals surface area contributed by atoms with Gasteiger partial charge in [0.1, 0.15) is 0 Å². The van der Waals surface area contributed by atoms with Crippen LogP contribution in [-0.4, -0.2) is 37.1 Å². The number of nitrogens with one attached hydrogen (secondary N) is 1. The predicted octanol–water partition coefficient (Wildman–Crippen LogP) is 3.28. The molecule has 1 saturated heterocycles. The lowest BCUT2D eigenvalue weighted by Gasteiger charge is -2.36. The predicted molar refractivity (Wildman–Crippen MR) is 78.9 cm³/mol. The molecule has 2 aliphatic rings. The fourth-order valence-electron chi connectivity index (χ4n) is 3.88. The van der Waals surface area contributed by atoms with E-state index in [0.717, 1.165) is 17.9 Å². The van der Waals surface area contributed by atoms with Crippen LogP contribution in [-0.2, 0) is 0 Å². The Balaban J connectivity index is 1.84. The molecular weight excluding hydrogens is 220 g/mol. The second-order valence-corrected chi connectivity index (χ2v) is 6.47. The van der Waals surface area contributed by atoms with Crippen LogP contribution in [0.3, 0.4) is 0 Å². The van der Waals surface area contributed by atoms with Crippen LogP contribution in [0.15, 0.2) is 0 Å². The summed E-state index contributed by atoms with van der Waals surface area (Å²) >= 11 is 0. The Morgan fingerprint density at radius 2 is 1.78 bits per heavy atom. The molecule has 1 N–H and O–H groups in total. The van der Waals surface area contributed by atoms with Crippen molar-refractivity contribution >= 4 is 0 Å². The minimum absolute atomic E-state index is 0.822. The number of piperidine rings is 1. The van der Waals surface area contributed by atoms with Crippen molar-refractivity contribution < 1.29 is 0 Å². The molecule has 0 radical (unpaired) electrons. The van der Waals surface area contributed by atoms with Crippen LogP contribution in [0.1, 0.15) is 58.8 Å². The van der Waals surface area contributed by atoms with Crippen molar-refractivity contribution in [2.75, 3.05) is 26.2 Å². The number of rotatable bonds is 6. The van der Waals surface area contributed by atoms with Crippen LogP contribution < -0.4 is 5.32 Å². The highest BCUT2D eigenvalue weighted by atomic mass is 15.2. The molecule has 2 fully saturated rings. The molecule has 0 spiro atoms. The molecule has 106 valence electrons. The monoisotopic (exact) mass is 252 g/mol. The summed E-state index contributed by atoms with van der Waals surface area (Å²) in [6.07, 6.45) is 9.99. The molecule has 1 saturated carbocycles. The van der Waals surface area contributed by atoms with E-state index in [1.165, 1.54) is 71.1 Å². The molecule has 0 aromatic carbocycles. The smallest absolute Gasteiger partial charge is 0.00953 e. The van der Waals surface area contributed by atoms with Crippen LogP contribution in [0.2, 0.25) is 0 Å². The van der Waals surface area contributed by atoms with Crippen LogP contribution in [0.25, 0.3) is 0 Å². The van der Waals surface area contributed by atoms with Gasteiger partial charge in [0.25, 0.3) is 0 Å². The Morgan fingerprint density at radius 1 is 1.11 bits per heavy atom. The average molecular weight is 252 g/mol. The largest absolute Gasteiger partial charge is 0.317 e. The summed E-state index contributed by atoms with van der Waals surface area (Å²) in [6.45, 7) is 9.96. The molecule has 0 bridgehead atoms. The molecule has 0 amide bonds. The Morgan fingerprint density at radius 3 is 2.39 bits per heavy atom. The highest BCUT2D eigenvalue weighted by molar-refractivity contribution is 4.82. The maximum absolute atomic E-state index is 3.49. The number of nitrogens with zero attached hydrogens (tertiary/aromatic N) is 1. The maximum atomic E-state index is 3.49. The molecule has 18 heavy (non-hydrogen) atoms. The van der Waals surface area contributed by atoms with Gasteiger partial charge in [-0.15, -0.1) is 0 Å². The van der Waals surface area contributed by atoms with Gasteiger partial charge in [-0.05, 0) is 70.5 Å². The van der Waals surface area contributed by atoms with Gasteiger partial charge in [-0.2, -0.15) is 0 Å². The molecule has 2 rings (SSSR count). The third-order valence-electron chi connectivity index (χ3n) is 5.12. The van der Waals surface area contributed by atoms with Gasteiger partial charge in [0, 0.05) is 12.6 Å². The SMILES string of the molecule is CCCN(CC1CCNCC1)C(C)C1CCCC1. The Kier molecular flexibility index (Phi) is 5.97. The van der Waals surface area contributed by atoms with Gasteiger partial charge < -0.3 is 10.2 Å². The first kappa shape index (κ1) is 14.3. The van der Waals surface area contributed by atoms with Gasteiger partial charge in [0.15, 0.2) is 0 Å². The van der Waals surface area contributed by atoms with Crippen molar-refractivity contribution in [3.05, 3.63) is 0 Å². The first-order valence-electron chi connectivity index (χ1n) is 8.26. The number of hydrogen-bond donors (Lipinski definition) is 1. The summed E-state index contributed by atoms with van der Waals surface area (Å²) in [5.74, 6) is 1.93. The minimum atomic E-state index is 0.822. The highest BCUT2D eigenvalue weighted by Gasteiger charge is 2.27. The molecule has 1 heterocycles. The molecule has 1 unspecified atom stereocenters. The van der Waals surface area contributed by atoms with E-state index in [4.69, 9.17) is 0 Å². The van der Waals surface area contributed by atoms with Gasteiger partial charge >= 0.3 is 0 Å². The lowest BCUT2D eigenvalue weighted by molar-refractivity contribution is 0.122. The topological polar surface area (TPSA) is 15.3 Å². The first-order chi connectivity index (χ1) is 8.81. The van der Waals surface area contributed by atoms with Gasteiger partial charge in [-0.25, -0.2) is 0 Å². The summed E-state index contributed by atoms with van der Waals surface area (Å²) in [4.78, 5) is 2.81. The lowest BCUT2D eigenvalue weighted by atomic mass is 9.93. The van der Waals surface area contributed by atoms with E-state index in [9.17, 15) is 0 Å².